The molecule has 118 valence electrons. The van der Waals surface area contributed by atoms with Gasteiger partial charge in [0.1, 0.15) is 10.9 Å². The van der Waals surface area contributed by atoms with Crippen LogP contribution in [0.5, 0.6) is 11.6 Å². The lowest BCUT2D eigenvalue weighted by molar-refractivity contribution is 0.242. The minimum absolute atomic E-state index is 0.160. The number of ether oxygens (including phenoxy) is 2. The Morgan fingerprint density at radius 3 is 2.41 bits per heavy atom. The van der Waals surface area contributed by atoms with E-state index < -0.39 is 0 Å². The van der Waals surface area contributed by atoms with E-state index in [9.17, 15) is 0 Å². The van der Waals surface area contributed by atoms with Crippen LogP contribution in [0.1, 0.15) is 25.0 Å². The van der Waals surface area contributed by atoms with E-state index in [0.29, 0.717) is 22.6 Å². The maximum Gasteiger partial charge on any atom is 0.222 e. The van der Waals surface area contributed by atoms with Gasteiger partial charge in [0.25, 0.3) is 0 Å². The Bertz CT molecular complexity index is 633. The Labute approximate surface area is 140 Å². The topological polar surface area (TPSA) is 44.2 Å². The Balaban J connectivity index is 2.23. The van der Waals surface area contributed by atoms with Gasteiger partial charge in [-0.1, -0.05) is 35.5 Å². The second-order valence-electron chi connectivity index (χ2n) is 4.98. The highest BCUT2D eigenvalue weighted by atomic mass is 35.5. The van der Waals surface area contributed by atoms with Gasteiger partial charge >= 0.3 is 0 Å². The predicted octanol–water partition coefficient (Wildman–Crippen LogP) is 4.24. The molecule has 0 saturated carbocycles. The van der Waals surface area contributed by atoms with Crippen molar-refractivity contribution in [3.05, 3.63) is 40.5 Å². The maximum absolute atomic E-state index is 6.27. The zero-order chi connectivity index (χ0) is 16.1. The van der Waals surface area contributed by atoms with Gasteiger partial charge in [0.15, 0.2) is 5.16 Å². The van der Waals surface area contributed by atoms with Crippen LogP contribution >= 0.6 is 23.4 Å². The lowest BCUT2D eigenvalue weighted by Crippen LogP contribution is -2.05. The minimum Gasteiger partial charge on any atom is -0.491 e. The Hall–Kier alpha value is -1.46. The summed E-state index contributed by atoms with van der Waals surface area (Å²) < 4.78 is 11.0. The van der Waals surface area contributed by atoms with Crippen LogP contribution in [0.25, 0.3) is 0 Å². The maximum atomic E-state index is 6.27. The van der Waals surface area contributed by atoms with Crippen LogP contribution < -0.4 is 9.47 Å². The number of rotatable bonds is 6. The van der Waals surface area contributed by atoms with Crippen molar-refractivity contribution < 1.29 is 9.47 Å². The smallest absolute Gasteiger partial charge is 0.222 e. The molecule has 0 aliphatic carbocycles. The number of thioether (sulfide) groups is 1. The number of hydrogen-bond donors (Lipinski definition) is 0. The third-order valence-corrected chi connectivity index (χ3v) is 3.81. The van der Waals surface area contributed by atoms with Gasteiger partial charge in [0.05, 0.1) is 18.8 Å². The van der Waals surface area contributed by atoms with Gasteiger partial charge < -0.3 is 9.47 Å². The van der Waals surface area contributed by atoms with Crippen LogP contribution in [0, 0.1) is 0 Å². The summed E-state index contributed by atoms with van der Waals surface area (Å²) in [7, 11) is 1.59. The summed E-state index contributed by atoms with van der Waals surface area (Å²) in [4.78, 5) is 8.61. The number of halogens is 1. The fourth-order valence-corrected chi connectivity index (χ4v) is 2.62. The van der Waals surface area contributed by atoms with Crippen LogP contribution in [0.4, 0.5) is 0 Å². The molecule has 2 aromatic rings. The average molecular weight is 339 g/mol. The average Bonchev–Trinajstić information content (AvgIpc) is 2.50. The van der Waals surface area contributed by atoms with E-state index in [2.05, 4.69) is 9.97 Å². The fraction of sp³-hybridized carbons (Fsp3) is 0.375. The van der Waals surface area contributed by atoms with E-state index in [1.807, 2.05) is 44.4 Å². The summed E-state index contributed by atoms with van der Waals surface area (Å²) >= 11 is 7.70. The monoisotopic (exact) mass is 338 g/mol. The lowest BCUT2D eigenvalue weighted by atomic mass is 10.1. The van der Waals surface area contributed by atoms with Gasteiger partial charge in [-0.05, 0) is 37.8 Å². The molecule has 4 nitrogen and oxygen atoms in total. The van der Waals surface area contributed by atoms with Crippen LogP contribution in [0.3, 0.4) is 0 Å². The first kappa shape index (κ1) is 16.9. The highest BCUT2D eigenvalue weighted by Crippen LogP contribution is 2.28. The molecule has 0 saturated heterocycles. The lowest BCUT2D eigenvalue weighted by Gasteiger charge is -2.12. The Morgan fingerprint density at radius 1 is 1.18 bits per heavy atom. The molecular formula is C16H19ClN2O2S. The van der Waals surface area contributed by atoms with Crippen molar-refractivity contribution in [2.45, 2.75) is 31.5 Å². The SMILES string of the molecule is COc1nc(SC)nc(Cl)c1Cc1ccc(OC(C)C)cc1. The number of aromatic nitrogens is 2. The van der Waals surface area contributed by atoms with Crippen LogP contribution in [0.2, 0.25) is 5.15 Å². The van der Waals surface area contributed by atoms with Gasteiger partial charge in [0, 0.05) is 6.42 Å². The third kappa shape index (κ3) is 4.27. The van der Waals surface area contributed by atoms with Crippen molar-refractivity contribution in [2.75, 3.05) is 13.4 Å². The highest BCUT2D eigenvalue weighted by Gasteiger charge is 2.14. The van der Waals surface area contributed by atoms with E-state index in [1.54, 1.807) is 7.11 Å². The zero-order valence-electron chi connectivity index (χ0n) is 13.1. The molecule has 0 amide bonds. The normalized spacial score (nSPS) is 10.8. The van der Waals surface area contributed by atoms with E-state index in [-0.39, 0.29) is 6.10 Å². The Kier molecular flexibility index (Phi) is 5.91. The fourth-order valence-electron chi connectivity index (χ4n) is 1.99. The second kappa shape index (κ2) is 7.70. The molecule has 0 aliphatic rings. The van der Waals surface area contributed by atoms with E-state index in [0.717, 1.165) is 16.9 Å². The number of hydrogen-bond acceptors (Lipinski definition) is 5. The molecule has 0 bridgehead atoms. The van der Waals surface area contributed by atoms with E-state index in [1.165, 1.54) is 11.8 Å². The van der Waals surface area contributed by atoms with Crippen molar-refractivity contribution in [3.8, 4) is 11.6 Å². The zero-order valence-corrected chi connectivity index (χ0v) is 14.7. The predicted molar refractivity (Wildman–Crippen MR) is 90.4 cm³/mol. The summed E-state index contributed by atoms with van der Waals surface area (Å²) in [5.74, 6) is 1.37. The van der Waals surface area contributed by atoms with Crippen LogP contribution in [-0.2, 0) is 6.42 Å². The van der Waals surface area contributed by atoms with Crippen LogP contribution in [0.15, 0.2) is 29.4 Å². The first-order valence-electron chi connectivity index (χ1n) is 6.93. The van der Waals surface area contributed by atoms with Crippen molar-refractivity contribution in [3.63, 3.8) is 0 Å². The minimum atomic E-state index is 0.160. The molecule has 6 heteroatoms. The summed E-state index contributed by atoms with van der Waals surface area (Å²) in [5, 5.41) is 1.03. The Morgan fingerprint density at radius 2 is 1.86 bits per heavy atom. The van der Waals surface area contributed by atoms with Gasteiger partial charge in [0.2, 0.25) is 5.88 Å². The number of benzene rings is 1. The van der Waals surface area contributed by atoms with Crippen LogP contribution in [-0.4, -0.2) is 29.4 Å². The van der Waals surface area contributed by atoms with E-state index >= 15 is 0 Å². The quantitative estimate of drug-likeness (QED) is 0.448. The second-order valence-corrected chi connectivity index (χ2v) is 6.11. The molecular weight excluding hydrogens is 320 g/mol. The van der Waals surface area contributed by atoms with Crippen molar-refractivity contribution in [1.82, 2.24) is 9.97 Å². The molecule has 0 fully saturated rings. The summed E-state index contributed by atoms with van der Waals surface area (Å²) in [6.45, 7) is 4.01. The van der Waals surface area contributed by atoms with Gasteiger partial charge in [-0.25, -0.2) is 4.98 Å². The molecule has 0 unspecified atom stereocenters. The molecule has 1 heterocycles. The van der Waals surface area contributed by atoms with Gasteiger partial charge in [-0.15, -0.1) is 0 Å². The summed E-state index contributed by atoms with van der Waals surface area (Å²) in [6.07, 6.45) is 2.67. The number of nitrogens with zero attached hydrogens (tertiary/aromatic N) is 2. The van der Waals surface area contributed by atoms with Gasteiger partial charge in [-0.3, -0.25) is 0 Å². The first-order chi connectivity index (χ1) is 10.5. The first-order valence-corrected chi connectivity index (χ1v) is 8.53. The molecule has 0 spiro atoms. The summed E-state index contributed by atoms with van der Waals surface area (Å²) in [5.41, 5.74) is 1.89. The molecule has 22 heavy (non-hydrogen) atoms. The highest BCUT2D eigenvalue weighted by molar-refractivity contribution is 7.98. The number of methoxy groups -OCH3 is 1. The molecule has 0 N–H and O–H groups in total. The molecule has 1 aromatic carbocycles. The largest absolute Gasteiger partial charge is 0.491 e. The molecule has 0 radical (unpaired) electrons. The molecule has 1 aromatic heterocycles. The van der Waals surface area contributed by atoms with Crippen molar-refractivity contribution in [2.24, 2.45) is 0 Å². The third-order valence-electron chi connectivity index (χ3n) is 2.95. The van der Waals surface area contributed by atoms with Crippen molar-refractivity contribution >= 4 is 23.4 Å². The summed E-state index contributed by atoms with van der Waals surface area (Å²) in [6, 6.07) is 7.92. The molecule has 0 aliphatic heterocycles. The molecule has 2 rings (SSSR count). The van der Waals surface area contributed by atoms with Crippen molar-refractivity contribution in [1.29, 1.82) is 0 Å². The van der Waals surface area contributed by atoms with E-state index in [4.69, 9.17) is 21.1 Å². The molecule has 0 atom stereocenters. The standard InChI is InChI=1S/C16H19ClN2O2S/c1-10(2)21-12-7-5-11(6-8-12)9-13-14(17)18-16(22-4)19-15(13)20-3/h5-8,10H,9H2,1-4H3. The van der Waals surface area contributed by atoms with Gasteiger partial charge in [-0.2, -0.15) is 4.98 Å².